The average molecular weight is 328 g/mol. The normalized spacial score (nSPS) is 10.2. The Morgan fingerprint density at radius 3 is 2.50 bits per heavy atom. The number of anilines is 1. The highest BCUT2D eigenvalue weighted by Gasteiger charge is 2.14. The zero-order valence-corrected chi connectivity index (χ0v) is 13.6. The highest BCUT2D eigenvalue weighted by atomic mass is 19.1. The monoisotopic (exact) mass is 328 g/mol. The standard InChI is InChI=1S/C19H21FN2O2/c1-2-3-12-21-19(24)15-9-5-7-11-17(15)22-18(23)13-14-8-4-6-10-16(14)20/h4-11H,2-3,12-13H2,1H3,(H,21,24)(H,22,23). The number of halogens is 1. The van der Waals surface area contributed by atoms with Crippen LogP contribution in [0.3, 0.4) is 0 Å². The Labute approximate surface area is 141 Å². The number of carbonyl (C=O) groups excluding carboxylic acids is 2. The zero-order chi connectivity index (χ0) is 17.4. The molecule has 5 heteroatoms. The van der Waals surface area contributed by atoms with Crippen molar-refractivity contribution in [2.75, 3.05) is 11.9 Å². The molecular formula is C19H21FN2O2. The summed E-state index contributed by atoms with van der Waals surface area (Å²) >= 11 is 0. The molecule has 0 aliphatic rings. The third-order valence-corrected chi connectivity index (χ3v) is 3.57. The highest BCUT2D eigenvalue weighted by molar-refractivity contribution is 6.04. The minimum Gasteiger partial charge on any atom is -0.352 e. The van der Waals surface area contributed by atoms with Crippen LogP contribution in [0.4, 0.5) is 10.1 Å². The van der Waals surface area contributed by atoms with Crippen LogP contribution in [0, 0.1) is 5.82 Å². The fourth-order valence-corrected chi connectivity index (χ4v) is 2.27. The van der Waals surface area contributed by atoms with E-state index in [4.69, 9.17) is 0 Å². The van der Waals surface area contributed by atoms with Crippen molar-refractivity contribution in [1.82, 2.24) is 5.32 Å². The number of rotatable bonds is 7. The molecular weight excluding hydrogens is 307 g/mol. The lowest BCUT2D eigenvalue weighted by Crippen LogP contribution is -2.26. The van der Waals surface area contributed by atoms with Crippen LogP contribution in [0.5, 0.6) is 0 Å². The Morgan fingerprint density at radius 1 is 1.04 bits per heavy atom. The minimum absolute atomic E-state index is 0.0849. The number of benzene rings is 2. The first-order valence-corrected chi connectivity index (χ1v) is 8.02. The van der Waals surface area contributed by atoms with E-state index in [1.807, 2.05) is 6.92 Å². The van der Waals surface area contributed by atoms with Gasteiger partial charge in [0, 0.05) is 6.54 Å². The number of nitrogens with one attached hydrogen (secondary N) is 2. The van der Waals surface area contributed by atoms with E-state index in [0.29, 0.717) is 23.4 Å². The van der Waals surface area contributed by atoms with Gasteiger partial charge in [0.05, 0.1) is 17.7 Å². The van der Waals surface area contributed by atoms with Crippen molar-refractivity contribution in [3.05, 3.63) is 65.5 Å². The Morgan fingerprint density at radius 2 is 1.75 bits per heavy atom. The molecule has 0 fully saturated rings. The first kappa shape index (κ1) is 17.7. The van der Waals surface area contributed by atoms with Gasteiger partial charge in [-0.15, -0.1) is 0 Å². The number of unbranched alkanes of at least 4 members (excludes halogenated alkanes) is 1. The van der Waals surface area contributed by atoms with Gasteiger partial charge < -0.3 is 10.6 Å². The van der Waals surface area contributed by atoms with Crippen molar-refractivity contribution in [2.24, 2.45) is 0 Å². The molecule has 2 rings (SSSR count). The van der Waals surface area contributed by atoms with Gasteiger partial charge in [0.2, 0.25) is 5.91 Å². The molecule has 0 atom stereocenters. The summed E-state index contributed by atoms with van der Waals surface area (Å²) in [4.78, 5) is 24.4. The molecule has 4 nitrogen and oxygen atoms in total. The summed E-state index contributed by atoms with van der Waals surface area (Å²) in [7, 11) is 0. The molecule has 0 spiro atoms. The van der Waals surface area contributed by atoms with E-state index >= 15 is 0 Å². The average Bonchev–Trinajstić information content (AvgIpc) is 2.57. The van der Waals surface area contributed by atoms with Crippen LogP contribution < -0.4 is 10.6 Å². The number of carbonyl (C=O) groups is 2. The second-order valence-electron chi connectivity index (χ2n) is 5.47. The predicted molar refractivity (Wildman–Crippen MR) is 92.4 cm³/mol. The number of hydrogen-bond acceptors (Lipinski definition) is 2. The van der Waals surface area contributed by atoms with Crippen molar-refractivity contribution in [2.45, 2.75) is 26.2 Å². The molecule has 0 aromatic heterocycles. The first-order chi connectivity index (χ1) is 11.6. The molecule has 0 radical (unpaired) electrons. The summed E-state index contributed by atoms with van der Waals surface area (Å²) in [6, 6.07) is 12.9. The van der Waals surface area contributed by atoms with Crippen LogP contribution >= 0.6 is 0 Å². The summed E-state index contributed by atoms with van der Waals surface area (Å²) < 4.78 is 13.6. The largest absolute Gasteiger partial charge is 0.352 e. The maximum absolute atomic E-state index is 13.6. The predicted octanol–water partition coefficient (Wildman–Crippen LogP) is 3.54. The van der Waals surface area contributed by atoms with Crippen LogP contribution in [0.15, 0.2) is 48.5 Å². The molecule has 0 heterocycles. The Hall–Kier alpha value is -2.69. The summed E-state index contributed by atoms with van der Waals surface area (Å²) in [5.41, 5.74) is 1.14. The lowest BCUT2D eigenvalue weighted by molar-refractivity contribution is -0.115. The molecule has 126 valence electrons. The van der Waals surface area contributed by atoms with Gasteiger partial charge in [-0.3, -0.25) is 9.59 Å². The van der Waals surface area contributed by atoms with Crippen LogP contribution in [0.2, 0.25) is 0 Å². The molecule has 24 heavy (non-hydrogen) atoms. The zero-order valence-electron chi connectivity index (χ0n) is 13.6. The van der Waals surface area contributed by atoms with Crippen molar-refractivity contribution < 1.29 is 14.0 Å². The molecule has 2 aromatic rings. The summed E-state index contributed by atoms with van der Waals surface area (Å²) in [5, 5.41) is 5.51. The van der Waals surface area contributed by atoms with Crippen LogP contribution in [-0.2, 0) is 11.2 Å². The number of amides is 2. The quantitative estimate of drug-likeness (QED) is 0.764. The lowest BCUT2D eigenvalue weighted by atomic mass is 10.1. The topological polar surface area (TPSA) is 58.2 Å². The smallest absolute Gasteiger partial charge is 0.253 e. The third kappa shape index (κ3) is 4.91. The van der Waals surface area contributed by atoms with E-state index in [1.54, 1.807) is 42.5 Å². The molecule has 0 unspecified atom stereocenters. The van der Waals surface area contributed by atoms with Gasteiger partial charge in [0.15, 0.2) is 0 Å². The van der Waals surface area contributed by atoms with Gasteiger partial charge in [-0.1, -0.05) is 43.7 Å². The maximum atomic E-state index is 13.6. The van der Waals surface area contributed by atoms with E-state index in [2.05, 4.69) is 10.6 Å². The van der Waals surface area contributed by atoms with E-state index in [-0.39, 0.29) is 18.2 Å². The molecule has 2 aromatic carbocycles. The molecule has 2 N–H and O–H groups in total. The maximum Gasteiger partial charge on any atom is 0.253 e. The van der Waals surface area contributed by atoms with E-state index < -0.39 is 5.82 Å². The highest BCUT2D eigenvalue weighted by Crippen LogP contribution is 2.16. The van der Waals surface area contributed by atoms with E-state index in [1.165, 1.54) is 6.07 Å². The molecule has 0 aliphatic heterocycles. The second kappa shape index (κ2) is 8.82. The van der Waals surface area contributed by atoms with E-state index in [0.717, 1.165) is 12.8 Å². The second-order valence-corrected chi connectivity index (χ2v) is 5.47. The first-order valence-electron chi connectivity index (χ1n) is 8.02. The molecule has 0 bridgehead atoms. The third-order valence-electron chi connectivity index (χ3n) is 3.57. The number of hydrogen-bond donors (Lipinski definition) is 2. The van der Waals surface area contributed by atoms with E-state index in [9.17, 15) is 14.0 Å². The Balaban J connectivity index is 2.05. The van der Waals surface area contributed by atoms with Crippen LogP contribution in [0.25, 0.3) is 0 Å². The van der Waals surface area contributed by atoms with Gasteiger partial charge in [0.1, 0.15) is 5.82 Å². The van der Waals surface area contributed by atoms with Crippen LogP contribution in [-0.4, -0.2) is 18.4 Å². The summed E-state index contributed by atoms with van der Waals surface area (Å²) in [5.74, 6) is -1.02. The van der Waals surface area contributed by atoms with Gasteiger partial charge in [-0.05, 0) is 30.2 Å². The summed E-state index contributed by atoms with van der Waals surface area (Å²) in [6.45, 7) is 2.63. The molecule has 0 saturated carbocycles. The molecule has 2 amide bonds. The Bertz CT molecular complexity index is 716. The summed E-state index contributed by atoms with van der Waals surface area (Å²) in [6.07, 6.45) is 1.80. The van der Waals surface area contributed by atoms with Gasteiger partial charge in [0.25, 0.3) is 5.91 Å². The van der Waals surface area contributed by atoms with Crippen molar-refractivity contribution in [1.29, 1.82) is 0 Å². The molecule has 0 aliphatic carbocycles. The van der Waals surface area contributed by atoms with Crippen molar-refractivity contribution in [3.63, 3.8) is 0 Å². The van der Waals surface area contributed by atoms with Crippen LogP contribution in [0.1, 0.15) is 35.7 Å². The van der Waals surface area contributed by atoms with Gasteiger partial charge in [-0.2, -0.15) is 0 Å². The van der Waals surface area contributed by atoms with Crippen molar-refractivity contribution >= 4 is 17.5 Å². The Kier molecular flexibility index (Phi) is 6.49. The fraction of sp³-hybridized carbons (Fsp3) is 0.263. The molecule has 0 saturated heterocycles. The van der Waals surface area contributed by atoms with Crippen molar-refractivity contribution in [3.8, 4) is 0 Å². The SMILES string of the molecule is CCCCNC(=O)c1ccccc1NC(=O)Cc1ccccc1F. The minimum atomic E-state index is -0.418. The fourth-order valence-electron chi connectivity index (χ4n) is 2.27. The number of para-hydroxylation sites is 1. The van der Waals surface area contributed by atoms with Gasteiger partial charge >= 0.3 is 0 Å². The van der Waals surface area contributed by atoms with Gasteiger partial charge in [-0.25, -0.2) is 4.39 Å². The lowest BCUT2D eigenvalue weighted by Gasteiger charge is -2.11.